The average Bonchev–Trinajstić information content (AvgIpc) is 2.26. The van der Waals surface area contributed by atoms with Gasteiger partial charge in [0.2, 0.25) is 0 Å². The smallest absolute Gasteiger partial charge is 0.00388 e. The van der Waals surface area contributed by atoms with Crippen LogP contribution in [0.3, 0.4) is 0 Å². The van der Waals surface area contributed by atoms with Crippen molar-refractivity contribution in [1.82, 2.24) is 10.2 Å². The summed E-state index contributed by atoms with van der Waals surface area (Å²) in [6, 6.07) is 0.695. The van der Waals surface area contributed by atoms with Crippen molar-refractivity contribution in [2.45, 2.75) is 58.9 Å². The van der Waals surface area contributed by atoms with Gasteiger partial charge in [0.1, 0.15) is 0 Å². The fourth-order valence-electron chi connectivity index (χ4n) is 2.74. The largest absolute Gasteiger partial charge is 0.314 e. The zero-order chi connectivity index (χ0) is 12.7. The van der Waals surface area contributed by atoms with E-state index in [2.05, 4.69) is 38.0 Å². The van der Waals surface area contributed by atoms with E-state index in [1.165, 1.54) is 51.7 Å². The molecule has 0 amide bonds. The third-order valence-electron chi connectivity index (χ3n) is 3.90. The standard InChI is InChI=1S/C15H32N2/c1-13(2)7-5-8-14(3)16-11-15-9-6-10-17(4)12-15/h13-16H,5-12H2,1-4H3. The van der Waals surface area contributed by atoms with Crippen molar-refractivity contribution in [1.29, 1.82) is 0 Å². The molecule has 2 heteroatoms. The normalized spacial score (nSPS) is 24.2. The molecule has 1 saturated heterocycles. The topological polar surface area (TPSA) is 15.3 Å². The van der Waals surface area contributed by atoms with Gasteiger partial charge in [-0.05, 0) is 58.2 Å². The summed E-state index contributed by atoms with van der Waals surface area (Å²) in [6.45, 7) is 10.8. The lowest BCUT2D eigenvalue weighted by Gasteiger charge is -2.30. The number of nitrogens with zero attached hydrogens (tertiary/aromatic N) is 1. The van der Waals surface area contributed by atoms with Crippen LogP contribution in [0.1, 0.15) is 52.9 Å². The Bertz CT molecular complexity index is 191. The molecule has 1 N–H and O–H groups in total. The summed E-state index contributed by atoms with van der Waals surface area (Å²) in [5, 5.41) is 3.72. The highest BCUT2D eigenvalue weighted by Crippen LogP contribution is 2.14. The van der Waals surface area contributed by atoms with E-state index in [-0.39, 0.29) is 0 Å². The summed E-state index contributed by atoms with van der Waals surface area (Å²) in [7, 11) is 2.25. The second-order valence-corrected chi connectivity index (χ2v) is 6.40. The molecule has 2 unspecified atom stereocenters. The molecule has 2 atom stereocenters. The molecule has 0 bridgehead atoms. The van der Waals surface area contributed by atoms with Gasteiger partial charge < -0.3 is 10.2 Å². The van der Waals surface area contributed by atoms with E-state index in [0.29, 0.717) is 6.04 Å². The molecule has 0 aromatic carbocycles. The lowest BCUT2D eigenvalue weighted by molar-refractivity contribution is 0.202. The summed E-state index contributed by atoms with van der Waals surface area (Å²) < 4.78 is 0. The molecule has 0 spiro atoms. The van der Waals surface area contributed by atoms with Crippen molar-refractivity contribution in [3.63, 3.8) is 0 Å². The molecule has 17 heavy (non-hydrogen) atoms. The van der Waals surface area contributed by atoms with Gasteiger partial charge in [-0.25, -0.2) is 0 Å². The lowest BCUT2D eigenvalue weighted by atomic mass is 9.97. The molecule has 0 aliphatic carbocycles. The zero-order valence-corrected chi connectivity index (χ0v) is 12.3. The van der Waals surface area contributed by atoms with Crippen LogP contribution in [0.25, 0.3) is 0 Å². The fraction of sp³-hybridized carbons (Fsp3) is 1.00. The number of likely N-dealkylation sites (tertiary alicyclic amines) is 1. The Morgan fingerprint density at radius 3 is 2.65 bits per heavy atom. The summed E-state index contributed by atoms with van der Waals surface area (Å²) in [4.78, 5) is 2.47. The van der Waals surface area contributed by atoms with E-state index < -0.39 is 0 Å². The van der Waals surface area contributed by atoms with Gasteiger partial charge in [0.15, 0.2) is 0 Å². The molecule has 0 aromatic rings. The highest BCUT2D eigenvalue weighted by molar-refractivity contribution is 4.74. The summed E-state index contributed by atoms with van der Waals surface area (Å²) in [5.74, 6) is 1.73. The van der Waals surface area contributed by atoms with E-state index in [9.17, 15) is 0 Å². The van der Waals surface area contributed by atoms with Crippen LogP contribution < -0.4 is 5.32 Å². The number of hydrogen-bond acceptors (Lipinski definition) is 2. The third kappa shape index (κ3) is 7.05. The van der Waals surface area contributed by atoms with E-state index in [4.69, 9.17) is 0 Å². The second-order valence-electron chi connectivity index (χ2n) is 6.40. The Hall–Kier alpha value is -0.0800. The van der Waals surface area contributed by atoms with Crippen molar-refractivity contribution >= 4 is 0 Å². The molecular formula is C15H32N2. The van der Waals surface area contributed by atoms with Gasteiger partial charge in [-0.1, -0.05) is 26.7 Å². The van der Waals surface area contributed by atoms with Crippen LogP contribution in [0.5, 0.6) is 0 Å². The quantitative estimate of drug-likeness (QED) is 0.735. The van der Waals surface area contributed by atoms with Gasteiger partial charge in [-0.3, -0.25) is 0 Å². The van der Waals surface area contributed by atoms with Gasteiger partial charge in [0.05, 0.1) is 0 Å². The molecule has 2 nitrogen and oxygen atoms in total. The zero-order valence-electron chi connectivity index (χ0n) is 12.3. The Morgan fingerprint density at radius 2 is 2.00 bits per heavy atom. The van der Waals surface area contributed by atoms with Crippen LogP contribution in [-0.4, -0.2) is 37.6 Å². The first-order valence-corrected chi connectivity index (χ1v) is 7.50. The van der Waals surface area contributed by atoms with Crippen molar-refractivity contribution < 1.29 is 0 Å². The second kappa shape index (κ2) is 8.10. The molecule has 1 heterocycles. The van der Waals surface area contributed by atoms with Crippen LogP contribution in [0.2, 0.25) is 0 Å². The van der Waals surface area contributed by atoms with Crippen LogP contribution in [0, 0.1) is 11.8 Å². The van der Waals surface area contributed by atoms with Gasteiger partial charge in [0.25, 0.3) is 0 Å². The number of piperidine rings is 1. The van der Waals surface area contributed by atoms with Crippen LogP contribution in [-0.2, 0) is 0 Å². The maximum absolute atomic E-state index is 3.72. The predicted octanol–water partition coefficient (Wildman–Crippen LogP) is 3.13. The monoisotopic (exact) mass is 240 g/mol. The Balaban J connectivity index is 2.04. The van der Waals surface area contributed by atoms with Gasteiger partial charge in [-0.2, -0.15) is 0 Å². The number of nitrogens with one attached hydrogen (secondary N) is 1. The van der Waals surface area contributed by atoms with E-state index in [1.54, 1.807) is 0 Å². The lowest BCUT2D eigenvalue weighted by Crippen LogP contribution is -2.39. The van der Waals surface area contributed by atoms with Crippen LogP contribution in [0.15, 0.2) is 0 Å². The van der Waals surface area contributed by atoms with Gasteiger partial charge in [0, 0.05) is 12.6 Å². The van der Waals surface area contributed by atoms with E-state index in [0.717, 1.165) is 11.8 Å². The molecule has 1 rings (SSSR count). The Kier molecular flexibility index (Phi) is 7.14. The van der Waals surface area contributed by atoms with E-state index in [1.807, 2.05) is 0 Å². The van der Waals surface area contributed by atoms with Gasteiger partial charge in [-0.15, -0.1) is 0 Å². The first-order valence-electron chi connectivity index (χ1n) is 7.50. The van der Waals surface area contributed by atoms with Gasteiger partial charge >= 0.3 is 0 Å². The SMILES string of the molecule is CC(C)CCCC(C)NCC1CCCN(C)C1. The molecule has 1 aliphatic heterocycles. The van der Waals surface area contributed by atoms with Crippen LogP contribution >= 0.6 is 0 Å². The highest BCUT2D eigenvalue weighted by atomic mass is 15.1. The van der Waals surface area contributed by atoms with Crippen molar-refractivity contribution in [3.05, 3.63) is 0 Å². The fourth-order valence-corrected chi connectivity index (χ4v) is 2.74. The molecule has 0 aromatic heterocycles. The van der Waals surface area contributed by atoms with E-state index >= 15 is 0 Å². The molecule has 1 aliphatic rings. The summed E-state index contributed by atoms with van der Waals surface area (Å²) in [5.41, 5.74) is 0. The summed E-state index contributed by atoms with van der Waals surface area (Å²) >= 11 is 0. The Labute approximate surface area is 108 Å². The molecule has 1 fully saturated rings. The maximum Gasteiger partial charge on any atom is 0.00388 e. The molecular weight excluding hydrogens is 208 g/mol. The van der Waals surface area contributed by atoms with Crippen LogP contribution in [0.4, 0.5) is 0 Å². The van der Waals surface area contributed by atoms with Crippen molar-refractivity contribution in [3.8, 4) is 0 Å². The minimum absolute atomic E-state index is 0.695. The predicted molar refractivity (Wildman–Crippen MR) is 76.4 cm³/mol. The average molecular weight is 240 g/mol. The van der Waals surface area contributed by atoms with Crippen molar-refractivity contribution in [2.75, 3.05) is 26.7 Å². The first-order chi connectivity index (χ1) is 8.08. The third-order valence-corrected chi connectivity index (χ3v) is 3.90. The number of hydrogen-bond donors (Lipinski definition) is 1. The first kappa shape index (κ1) is 15.0. The number of rotatable bonds is 7. The maximum atomic E-state index is 3.72. The van der Waals surface area contributed by atoms with Crippen molar-refractivity contribution in [2.24, 2.45) is 11.8 Å². The Morgan fingerprint density at radius 1 is 1.24 bits per heavy atom. The minimum atomic E-state index is 0.695. The molecule has 0 radical (unpaired) electrons. The highest BCUT2D eigenvalue weighted by Gasteiger charge is 2.17. The summed E-state index contributed by atoms with van der Waals surface area (Å²) in [6.07, 6.45) is 6.87. The molecule has 0 saturated carbocycles. The molecule has 102 valence electrons. The minimum Gasteiger partial charge on any atom is -0.314 e.